The van der Waals surface area contributed by atoms with E-state index in [0.717, 1.165) is 10.7 Å². The van der Waals surface area contributed by atoms with E-state index in [0.29, 0.717) is 38.9 Å². The summed E-state index contributed by atoms with van der Waals surface area (Å²) in [4.78, 5) is 29.4. The molecule has 2 heterocycles. The first kappa shape index (κ1) is 15.8. The largest absolute Gasteiger partial charge is 0.481 e. The summed E-state index contributed by atoms with van der Waals surface area (Å²) in [5, 5.41) is 15.2. The average Bonchev–Trinajstić information content (AvgIpc) is 3.06. The Labute approximate surface area is 128 Å². The smallest absolute Gasteiger partial charge is 0.317 e. The van der Waals surface area contributed by atoms with Crippen LogP contribution in [0.25, 0.3) is 0 Å². The van der Waals surface area contributed by atoms with Crippen LogP contribution in [-0.4, -0.2) is 46.6 Å². The highest BCUT2D eigenvalue weighted by atomic mass is 32.1. The van der Waals surface area contributed by atoms with Crippen molar-refractivity contribution in [2.75, 3.05) is 19.6 Å². The first-order valence-electron chi connectivity index (χ1n) is 7.14. The lowest BCUT2D eigenvalue weighted by molar-refractivity contribution is -0.148. The van der Waals surface area contributed by atoms with Crippen LogP contribution in [0.4, 0.5) is 4.79 Å². The summed E-state index contributed by atoms with van der Waals surface area (Å²) >= 11 is 1.59. The summed E-state index contributed by atoms with van der Waals surface area (Å²) in [6.07, 6.45) is 1.77. The Hall–Kier alpha value is -1.63. The summed E-state index contributed by atoms with van der Waals surface area (Å²) in [5.74, 6) is -0.807. The van der Waals surface area contributed by atoms with Crippen molar-refractivity contribution in [2.45, 2.75) is 33.1 Å². The lowest BCUT2D eigenvalue weighted by Crippen LogP contribution is -2.42. The zero-order valence-electron chi connectivity index (χ0n) is 12.4. The van der Waals surface area contributed by atoms with Gasteiger partial charge in [0.25, 0.3) is 0 Å². The Morgan fingerprint density at radius 3 is 2.86 bits per heavy atom. The van der Waals surface area contributed by atoms with Crippen molar-refractivity contribution in [3.05, 3.63) is 16.1 Å². The summed E-state index contributed by atoms with van der Waals surface area (Å²) in [5.41, 5.74) is 0.205. The van der Waals surface area contributed by atoms with Crippen molar-refractivity contribution < 1.29 is 14.7 Å². The minimum Gasteiger partial charge on any atom is -0.481 e. The minimum absolute atomic E-state index is 0.182. The van der Waals surface area contributed by atoms with Gasteiger partial charge in [0.2, 0.25) is 0 Å². The first-order valence-corrected chi connectivity index (χ1v) is 8.02. The van der Waals surface area contributed by atoms with Gasteiger partial charge in [0.1, 0.15) is 0 Å². The first-order chi connectivity index (χ1) is 9.97. The second kappa shape index (κ2) is 6.43. The number of nitrogens with zero attached hydrogens (tertiary/aromatic N) is 2. The van der Waals surface area contributed by atoms with E-state index in [1.165, 1.54) is 0 Å². The summed E-state index contributed by atoms with van der Waals surface area (Å²) in [6.45, 7) is 5.13. The molecule has 1 aliphatic heterocycles. The molecule has 1 aromatic rings. The van der Waals surface area contributed by atoms with Crippen LogP contribution in [0.2, 0.25) is 0 Å². The van der Waals surface area contributed by atoms with Gasteiger partial charge in [-0.25, -0.2) is 9.78 Å². The number of aliphatic carboxylic acids is 1. The standard InChI is InChI=1S/C14H21N3O3S/c1-3-14(12(18)19)5-7-17(9-14)13(20)15-6-4-11-8-21-10(2)16-11/h8H,3-7,9H2,1-2H3,(H,15,20)(H,18,19). The van der Waals surface area contributed by atoms with E-state index in [1.807, 2.05) is 19.2 Å². The van der Waals surface area contributed by atoms with Gasteiger partial charge >= 0.3 is 12.0 Å². The van der Waals surface area contributed by atoms with Gasteiger partial charge < -0.3 is 15.3 Å². The van der Waals surface area contributed by atoms with Crippen LogP contribution in [-0.2, 0) is 11.2 Å². The number of urea groups is 1. The average molecular weight is 311 g/mol. The lowest BCUT2D eigenvalue weighted by atomic mass is 9.84. The molecule has 116 valence electrons. The van der Waals surface area contributed by atoms with Crippen molar-refractivity contribution in [3.63, 3.8) is 0 Å². The Kier molecular flexibility index (Phi) is 4.82. The molecule has 7 heteroatoms. The third kappa shape index (κ3) is 3.53. The monoisotopic (exact) mass is 311 g/mol. The van der Waals surface area contributed by atoms with Crippen LogP contribution in [0.1, 0.15) is 30.5 Å². The maximum atomic E-state index is 12.1. The Morgan fingerprint density at radius 2 is 2.33 bits per heavy atom. The second-order valence-electron chi connectivity index (χ2n) is 5.45. The summed E-state index contributed by atoms with van der Waals surface area (Å²) in [6, 6.07) is -0.182. The highest BCUT2D eigenvalue weighted by Gasteiger charge is 2.44. The second-order valence-corrected chi connectivity index (χ2v) is 6.51. The van der Waals surface area contributed by atoms with Crippen LogP contribution in [0.5, 0.6) is 0 Å². The molecule has 1 aliphatic rings. The number of carboxylic acids is 1. The van der Waals surface area contributed by atoms with Crippen molar-refractivity contribution >= 4 is 23.3 Å². The number of aryl methyl sites for hydroxylation is 1. The summed E-state index contributed by atoms with van der Waals surface area (Å²) in [7, 11) is 0. The van der Waals surface area contributed by atoms with E-state index in [1.54, 1.807) is 16.2 Å². The Balaban J connectivity index is 1.80. The van der Waals surface area contributed by atoms with Crippen LogP contribution < -0.4 is 5.32 Å². The maximum Gasteiger partial charge on any atom is 0.317 e. The fourth-order valence-corrected chi connectivity index (χ4v) is 3.24. The number of carbonyl (C=O) groups is 2. The number of carbonyl (C=O) groups excluding carboxylic acids is 1. The molecular formula is C14H21N3O3S. The molecule has 0 spiro atoms. The number of nitrogens with one attached hydrogen (secondary N) is 1. The van der Waals surface area contributed by atoms with Crippen molar-refractivity contribution in [3.8, 4) is 0 Å². The van der Waals surface area contributed by atoms with E-state index in [9.17, 15) is 14.7 Å². The number of aromatic nitrogens is 1. The van der Waals surface area contributed by atoms with Crippen LogP contribution in [0.15, 0.2) is 5.38 Å². The molecule has 0 radical (unpaired) electrons. The van der Waals surface area contributed by atoms with Gasteiger partial charge in [-0.05, 0) is 19.8 Å². The number of rotatable bonds is 5. The molecule has 1 saturated heterocycles. The van der Waals surface area contributed by atoms with E-state index < -0.39 is 11.4 Å². The third-order valence-electron chi connectivity index (χ3n) is 4.10. The molecule has 0 aromatic carbocycles. The Bertz CT molecular complexity index is 531. The SMILES string of the molecule is CCC1(C(=O)O)CCN(C(=O)NCCc2csc(C)n2)C1. The van der Waals surface area contributed by atoms with Gasteiger partial charge in [-0.3, -0.25) is 4.79 Å². The van der Waals surface area contributed by atoms with Crippen molar-refractivity contribution in [2.24, 2.45) is 5.41 Å². The molecule has 2 rings (SSSR count). The lowest BCUT2D eigenvalue weighted by Gasteiger charge is -2.23. The molecule has 0 saturated carbocycles. The molecule has 6 nitrogen and oxygen atoms in total. The molecule has 0 bridgehead atoms. The Morgan fingerprint density at radius 1 is 1.57 bits per heavy atom. The number of likely N-dealkylation sites (tertiary alicyclic amines) is 1. The molecule has 0 aliphatic carbocycles. The normalized spacial score (nSPS) is 21.5. The molecule has 1 aromatic heterocycles. The van der Waals surface area contributed by atoms with Crippen LogP contribution in [0, 0.1) is 12.3 Å². The predicted octanol–water partition coefficient (Wildman–Crippen LogP) is 1.89. The number of hydrogen-bond donors (Lipinski definition) is 2. The van der Waals surface area contributed by atoms with E-state index >= 15 is 0 Å². The molecular weight excluding hydrogens is 290 g/mol. The van der Waals surface area contributed by atoms with E-state index in [2.05, 4.69) is 10.3 Å². The van der Waals surface area contributed by atoms with Gasteiger partial charge in [0.15, 0.2) is 0 Å². The number of carboxylic acid groups (broad SMARTS) is 1. The molecule has 21 heavy (non-hydrogen) atoms. The van der Waals surface area contributed by atoms with E-state index in [-0.39, 0.29) is 6.03 Å². The van der Waals surface area contributed by atoms with E-state index in [4.69, 9.17) is 0 Å². The van der Waals surface area contributed by atoms with Gasteiger partial charge in [0.05, 0.1) is 16.1 Å². The zero-order chi connectivity index (χ0) is 15.5. The molecule has 1 atom stereocenters. The van der Waals surface area contributed by atoms with Crippen molar-refractivity contribution in [1.29, 1.82) is 0 Å². The van der Waals surface area contributed by atoms with Crippen molar-refractivity contribution in [1.82, 2.24) is 15.2 Å². The summed E-state index contributed by atoms with van der Waals surface area (Å²) < 4.78 is 0. The molecule has 1 unspecified atom stereocenters. The van der Waals surface area contributed by atoms with Gasteiger partial charge in [0, 0.05) is 31.4 Å². The van der Waals surface area contributed by atoms with Gasteiger partial charge in [-0.15, -0.1) is 11.3 Å². The quantitative estimate of drug-likeness (QED) is 0.870. The van der Waals surface area contributed by atoms with Gasteiger partial charge in [-0.1, -0.05) is 6.92 Å². The maximum absolute atomic E-state index is 12.1. The van der Waals surface area contributed by atoms with Crippen LogP contribution in [0.3, 0.4) is 0 Å². The predicted molar refractivity (Wildman–Crippen MR) is 80.5 cm³/mol. The topological polar surface area (TPSA) is 82.5 Å². The number of hydrogen-bond acceptors (Lipinski definition) is 4. The van der Waals surface area contributed by atoms with Crippen LogP contribution >= 0.6 is 11.3 Å². The molecule has 2 amide bonds. The number of thiazole rings is 1. The fraction of sp³-hybridized carbons (Fsp3) is 0.643. The third-order valence-corrected chi connectivity index (χ3v) is 4.92. The molecule has 2 N–H and O–H groups in total. The molecule has 1 fully saturated rings. The minimum atomic E-state index is -0.807. The highest BCUT2D eigenvalue weighted by Crippen LogP contribution is 2.34. The van der Waals surface area contributed by atoms with Gasteiger partial charge in [-0.2, -0.15) is 0 Å². The fourth-order valence-electron chi connectivity index (χ4n) is 2.59. The highest BCUT2D eigenvalue weighted by molar-refractivity contribution is 7.09. The number of amides is 2. The zero-order valence-corrected chi connectivity index (χ0v) is 13.2.